The van der Waals surface area contributed by atoms with Crippen LogP contribution >= 0.6 is 11.6 Å². The number of para-hydroxylation sites is 1. The summed E-state index contributed by atoms with van der Waals surface area (Å²) in [6, 6.07) is 17.8. The topological polar surface area (TPSA) is 80.2 Å². The van der Waals surface area contributed by atoms with Crippen molar-refractivity contribution in [1.82, 2.24) is 0 Å². The highest BCUT2D eigenvalue weighted by atomic mass is 35.5. The number of benzene rings is 3. The molecule has 1 aliphatic rings. The van der Waals surface area contributed by atoms with E-state index in [1.54, 1.807) is 44.2 Å². The van der Waals surface area contributed by atoms with Gasteiger partial charge in [-0.05, 0) is 74.0 Å². The molecule has 3 aromatic rings. The van der Waals surface area contributed by atoms with Crippen LogP contribution in [0.4, 0.5) is 15.8 Å². The highest BCUT2D eigenvalue weighted by Gasteiger charge is 2.28. The van der Waals surface area contributed by atoms with Crippen LogP contribution in [0, 0.1) is 5.82 Å². The maximum absolute atomic E-state index is 13.1. The first kappa shape index (κ1) is 24.9. The van der Waals surface area contributed by atoms with E-state index < -0.39 is 11.7 Å². The van der Waals surface area contributed by atoms with Crippen molar-refractivity contribution in [2.45, 2.75) is 13.8 Å². The van der Waals surface area contributed by atoms with Crippen LogP contribution in [-0.4, -0.2) is 30.7 Å². The first-order valence-corrected chi connectivity index (χ1v) is 11.5. The van der Waals surface area contributed by atoms with Gasteiger partial charge < -0.3 is 14.8 Å². The molecule has 1 aliphatic heterocycles. The highest BCUT2D eigenvalue weighted by Crippen LogP contribution is 2.38. The molecule has 0 saturated carbocycles. The molecule has 0 aromatic heterocycles. The van der Waals surface area contributed by atoms with Crippen LogP contribution in [0.1, 0.15) is 19.4 Å². The standard InChI is InChI=1S/C27H23ClFN3O4/c1-3-35-24-15-18(13-22-17(2)31-32(27(22)34)21-7-5-4-6-8-21)14-23(28)26(24)36-16-25(33)30-20-11-9-19(29)10-12-20/h4-15H,3,16H2,1-2H3,(H,30,33)/b22-13+. The van der Waals surface area contributed by atoms with Gasteiger partial charge in [-0.1, -0.05) is 29.8 Å². The summed E-state index contributed by atoms with van der Waals surface area (Å²) >= 11 is 6.48. The molecule has 3 aromatic carbocycles. The molecule has 1 N–H and O–H groups in total. The number of rotatable bonds is 8. The quantitative estimate of drug-likeness (QED) is 0.396. The van der Waals surface area contributed by atoms with E-state index in [-0.39, 0.29) is 23.3 Å². The van der Waals surface area contributed by atoms with Crippen molar-refractivity contribution < 1.29 is 23.5 Å². The Morgan fingerprint density at radius 1 is 1.11 bits per heavy atom. The fourth-order valence-corrected chi connectivity index (χ4v) is 3.81. The van der Waals surface area contributed by atoms with Gasteiger partial charge >= 0.3 is 0 Å². The highest BCUT2D eigenvalue weighted by molar-refractivity contribution is 6.33. The Labute approximate surface area is 212 Å². The number of amides is 2. The number of hydrogen-bond acceptors (Lipinski definition) is 5. The first-order valence-electron chi connectivity index (χ1n) is 11.2. The van der Waals surface area contributed by atoms with E-state index in [1.807, 2.05) is 18.2 Å². The summed E-state index contributed by atoms with van der Waals surface area (Å²) in [5, 5.41) is 8.56. The average Bonchev–Trinajstić information content (AvgIpc) is 3.14. The molecule has 0 bridgehead atoms. The molecule has 0 fully saturated rings. The minimum absolute atomic E-state index is 0.198. The third-order valence-electron chi connectivity index (χ3n) is 5.18. The second-order valence-electron chi connectivity index (χ2n) is 7.80. The monoisotopic (exact) mass is 507 g/mol. The molecule has 0 atom stereocenters. The van der Waals surface area contributed by atoms with Crippen LogP contribution in [0.2, 0.25) is 5.02 Å². The lowest BCUT2D eigenvalue weighted by molar-refractivity contribution is -0.118. The SMILES string of the molecule is CCOc1cc(/C=C2/C(=O)N(c3ccccc3)N=C2C)cc(Cl)c1OCC(=O)Nc1ccc(F)cc1. The third-order valence-corrected chi connectivity index (χ3v) is 5.46. The van der Waals surface area contributed by atoms with Gasteiger partial charge in [0.25, 0.3) is 11.8 Å². The first-order chi connectivity index (χ1) is 17.4. The van der Waals surface area contributed by atoms with Crippen LogP contribution in [0.3, 0.4) is 0 Å². The zero-order valence-corrected chi connectivity index (χ0v) is 20.4. The Balaban J connectivity index is 1.52. The molecule has 0 unspecified atom stereocenters. The van der Waals surface area contributed by atoms with E-state index in [1.165, 1.54) is 29.3 Å². The van der Waals surface area contributed by atoms with Crippen LogP contribution in [-0.2, 0) is 9.59 Å². The molecular formula is C27H23ClFN3O4. The summed E-state index contributed by atoms with van der Waals surface area (Å²) in [6.07, 6.45) is 1.68. The normalized spacial score (nSPS) is 14.1. The second kappa shape index (κ2) is 11.0. The third kappa shape index (κ3) is 5.72. The Morgan fingerprint density at radius 3 is 2.53 bits per heavy atom. The van der Waals surface area contributed by atoms with E-state index in [9.17, 15) is 14.0 Å². The second-order valence-corrected chi connectivity index (χ2v) is 8.21. The zero-order chi connectivity index (χ0) is 25.7. The molecule has 0 saturated heterocycles. The molecule has 0 spiro atoms. The summed E-state index contributed by atoms with van der Waals surface area (Å²) in [6.45, 7) is 3.55. The Bertz CT molecular complexity index is 1340. The molecule has 0 radical (unpaired) electrons. The predicted molar refractivity (Wildman–Crippen MR) is 138 cm³/mol. The fourth-order valence-electron chi connectivity index (χ4n) is 3.54. The minimum atomic E-state index is -0.448. The van der Waals surface area contributed by atoms with Gasteiger partial charge in [0.05, 0.1) is 28.6 Å². The Kier molecular flexibility index (Phi) is 7.65. The van der Waals surface area contributed by atoms with Crippen molar-refractivity contribution in [2.24, 2.45) is 5.10 Å². The van der Waals surface area contributed by atoms with Crippen molar-refractivity contribution in [2.75, 3.05) is 23.5 Å². The van der Waals surface area contributed by atoms with E-state index in [0.717, 1.165) is 0 Å². The molecule has 0 aliphatic carbocycles. The number of hydrazone groups is 1. The molecule has 7 nitrogen and oxygen atoms in total. The van der Waals surface area contributed by atoms with Crippen molar-refractivity contribution in [1.29, 1.82) is 0 Å². The average molecular weight is 508 g/mol. The van der Waals surface area contributed by atoms with Gasteiger partial charge in [-0.15, -0.1) is 0 Å². The van der Waals surface area contributed by atoms with Gasteiger partial charge in [0, 0.05) is 5.69 Å². The summed E-state index contributed by atoms with van der Waals surface area (Å²) < 4.78 is 24.4. The van der Waals surface area contributed by atoms with E-state index in [2.05, 4.69) is 10.4 Å². The van der Waals surface area contributed by atoms with Crippen LogP contribution in [0.15, 0.2) is 77.4 Å². The van der Waals surface area contributed by atoms with E-state index >= 15 is 0 Å². The molecule has 1 heterocycles. The van der Waals surface area contributed by atoms with Gasteiger partial charge in [-0.2, -0.15) is 10.1 Å². The smallest absolute Gasteiger partial charge is 0.280 e. The van der Waals surface area contributed by atoms with Crippen molar-refractivity contribution in [3.63, 3.8) is 0 Å². The van der Waals surface area contributed by atoms with Crippen molar-refractivity contribution in [3.8, 4) is 11.5 Å². The summed E-state index contributed by atoms with van der Waals surface area (Å²) in [7, 11) is 0. The molecule has 2 amide bonds. The fraction of sp³-hybridized carbons (Fsp3) is 0.148. The summed E-state index contributed by atoms with van der Waals surface area (Å²) in [5.74, 6) is -0.586. The van der Waals surface area contributed by atoms with Crippen LogP contribution in [0.25, 0.3) is 6.08 Å². The number of halogens is 2. The number of anilines is 2. The Morgan fingerprint density at radius 2 is 1.83 bits per heavy atom. The van der Waals surface area contributed by atoms with Crippen LogP contribution in [0.5, 0.6) is 11.5 Å². The lowest BCUT2D eigenvalue weighted by Crippen LogP contribution is -2.21. The van der Waals surface area contributed by atoms with E-state index in [4.69, 9.17) is 21.1 Å². The van der Waals surface area contributed by atoms with Gasteiger partial charge in [0.2, 0.25) is 0 Å². The lowest BCUT2D eigenvalue weighted by atomic mass is 10.1. The van der Waals surface area contributed by atoms with Gasteiger partial charge in [-0.25, -0.2) is 4.39 Å². The largest absolute Gasteiger partial charge is 0.490 e. The maximum atomic E-state index is 13.1. The number of nitrogens with zero attached hydrogens (tertiary/aromatic N) is 2. The number of carbonyl (C=O) groups is 2. The van der Waals surface area contributed by atoms with Gasteiger partial charge in [-0.3, -0.25) is 9.59 Å². The van der Waals surface area contributed by atoms with Gasteiger partial charge in [0.1, 0.15) is 5.82 Å². The minimum Gasteiger partial charge on any atom is -0.490 e. The Hall–Kier alpha value is -4.17. The number of nitrogens with one attached hydrogen (secondary N) is 1. The summed E-state index contributed by atoms with van der Waals surface area (Å²) in [4.78, 5) is 25.3. The zero-order valence-electron chi connectivity index (χ0n) is 19.6. The van der Waals surface area contributed by atoms with E-state index in [0.29, 0.717) is 40.6 Å². The maximum Gasteiger partial charge on any atom is 0.280 e. The molecule has 9 heteroatoms. The van der Waals surface area contributed by atoms with Gasteiger partial charge in [0.15, 0.2) is 18.1 Å². The van der Waals surface area contributed by atoms with Crippen molar-refractivity contribution >= 4 is 46.6 Å². The summed E-state index contributed by atoms with van der Waals surface area (Å²) in [5.41, 5.74) is 2.70. The number of hydrogen-bond donors (Lipinski definition) is 1. The number of carbonyl (C=O) groups excluding carboxylic acids is 2. The number of ether oxygens (including phenoxy) is 2. The molecule has 36 heavy (non-hydrogen) atoms. The lowest BCUT2D eigenvalue weighted by Gasteiger charge is -2.15. The predicted octanol–water partition coefficient (Wildman–Crippen LogP) is 5.70. The van der Waals surface area contributed by atoms with Crippen LogP contribution < -0.4 is 19.8 Å². The molecule has 184 valence electrons. The molecular weight excluding hydrogens is 485 g/mol. The molecule has 4 rings (SSSR count). The van der Waals surface area contributed by atoms with Crippen molar-refractivity contribution in [3.05, 3.63) is 88.7 Å².